The van der Waals surface area contributed by atoms with Crippen molar-refractivity contribution in [2.45, 2.75) is 13.1 Å². The minimum Gasteiger partial charge on any atom is -0.478 e. The van der Waals surface area contributed by atoms with E-state index < -0.39 is 5.97 Å². The van der Waals surface area contributed by atoms with Gasteiger partial charge in [0.25, 0.3) is 5.91 Å². The molecule has 0 atom stereocenters. The molecule has 0 saturated carbocycles. The number of aromatic nitrogens is 3. The lowest BCUT2D eigenvalue weighted by molar-refractivity contribution is 0.0696. The normalized spacial score (nSPS) is 10.3. The smallest absolute Gasteiger partial charge is 0.335 e. The number of nitrogens with one attached hydrogen (secondary N) is 1. The second-order valence-corrected chi connectivity index (χ2v) is 4.34. The van der Waals surface area contributed by atoms with Crippen LogP contribution in [0.25, 0.3) is 0 Å². The number of nitrogens with two attached hydrogens (primary N) is 1. The molecule has 0 fully saturated rings. The van der Waals surface area contributed by atoms with Crippen LogP contribution in [0.2, 0.25) is 0 Å². The fourth-order valence-electron chi connectivity index (χ4n) is 1.73. The Labute approximate surface area is 120 Å². The van der Waals surface area contributed by atoms with Gasteiger partial charge in [0.05, 0.1) is 18.3 Å². The van der Waals surface area contributed by atoms with Crippen LogP contribution in [-0.2, 0) is 13.1 Å². The number of hydrogen-bond acceptors (Lipinski definition) is 5. The van der Waals surface area contributed by atoms with Crippen molar-refractivity contribution in [1.82, 2.24) is 20.3 Å². The number of benzene rings is 1. The second-order valence-electron chi connectivity index (χ2n) is 4.34. The Bertz CT molecular complexity index is 653. The van der Waals surface area contributed by atoms with Gasteiger partial charge in [-0.15, -0.1) is 5.10 Å². The molecule has 1 aromatic heterocycles. The summed E-state index contributed by atoms with van der Waals surface area (Å²) >= 11 is 0. The maximum Gasteiger partial charge on any atom is 0.335 e. The van der Waals surface area contributed by atoms with Crippen molar-refractivity contribution in [3.63, 3.8) is 0 Å². The predicted molar refractivity (Wildman–Crippen MR) is 73.6 cm³/mol. The molecule has 0 bridgehead atoms. The van der Waals surface area contributed by atoms with Crippen molar-refractivity contribution in [3.8, 4) is 0 Å². The van der Waals surface area contributed by atoms with Crippen molar-refractivity contribution in [2.75, 3.05) is 6.54 Å². The fourth-order valence-corrected chi connectivity index (χ4v) is 1.73. The molecule has 8 heteroatoms. The van der Waals surface area contributed by atoms with E-state index in [1.807, 2.05) is 0 Å². The number of carbonyl (C=O) groups excluding carboxylic acids is 1. The molecule has 1 heterocycles. The molecule has 0 radical (unpaired) electrons. The minimum absolute atomic E-state index is 0.177. The van der Waals surface area contributed by atoms with Crippen LogP contribution in [0, 0.1) is 0 Å². The zero-order valence-electron chi connectivity index (χ0n) is 11.2. The SMILES string of the molecule is NCCn1cc(C(=O)NCc2cccc(C(=O)O)c2)nn1. The molecule has 0 aliphatic rings. The Balaban J connectivity index is 1.97. The van der Waals surface area contributed by atoms with Crippen LogP contribution >= 0.6 is 0 Å². The highest BCUT2D eigenvalue weighted by molar-refractivity contribution is 5.92. The first-order valence-corrected chi connectivity index (χ1v) is 6.31. The maximum atomic E-state index is 11.9. The van der Waals surface area contributed by atoms with Crippen LogP contribution in [0.5, 0.6) is 0 Å². The monoisotopic (exact) mass is 289 g/mol. The number of carbonyl (C=O) groups is 2. The molecular formula is C13H15N5O3. The molecule has 21 heavy (non-hydrogen) atoms. The van der Waals surface area contributed by atoms with E-state index >= 15 is 0 Å². The van der Waals surface area contributed by atoms with E-state index in [1.54, 1.807) is 12.1 Å². The quantitative estimate of drug-likeness (QED) is 0.680. The highest BCUT2D eigenvalue weighted by Gasteiger charge is 2.10. The molecule has 0 saturated heterocycles. The number of carboxylic acids is 1. The van der Waals surface area contributed by atoms with Gasteiger partial charge in [0, 0.05) is 13.1 Å². The lowest BCUT2D eigenvalue weighted by Crippen LogP contribution is -2.23. The predicted octanol–water partition coefficient (Wildman–Crippen LogP) is -0.135. The average Bonchev–Trinajstić information content (AvgIpc) is 2.94. The Kier molecular flexibility index (Phi) is 4.62. The molecule has 1 amide bonds. The lowest BCUT2D eigenvalue weighted by Gasteiger charge is -2.04. The molecule has 0 spiro atoms. The molecule has 0 aliphatic heterocycles. The van der Waals surface area contributed by atoms with Gasteiger partial charge in [0.1, 0.15) is 0 Å². The van der Waals surface area contributed by atoms with E-state index in [0.29, 0.717) is 18.7 Å². The van der Waals surface area contributed by atoms with E-state index in [0.717, 1.165) is 0 Å². The highest BCUT2D eigenvalue weighted by atomic mass is 16.4. The molecule has 0 aliphatic carbocycles. The van der Waals surface area contributed by atoms with Crippen LogP contribution in [0.3, 0.4) is 0 Å². The molecule has 0 unspecified atom stereocenters. The van der Waals surface area contributed by atoms with Crippen molar-refractivity contribution in [1.29, 1.82) is 0 Å². The molecule has 8 nitrogen and oxygen atoms in total. The third-order valence-electron chi connectivity index (χ3n) is 2.76. The third-order valence-corrected chi connectivity index (χ3v) is 2.76. The van der Waals surface area contributed by atoms with Crippen LogP contribution in [0.4, 0.5) is 0 Å². The van der Waals surface area contributed by atoms with Gasteiger partial charge in [-0.3, -0.25) is 9.48 Å². The number of aromatic carboxylic acids is 1. The first-order chi connectivity index (χ1) is 10.1. The van der Waals surface area contributed by atoms with E-state index in [1.165, 1.54) is 23.0 Å². The van der Waals surface area contributed by atoms with Crippen LogP contribution in [-0.4, -0.2) is 38.5 Å². The number of amides is 1. The fraction of sp³-hybridized carbons (Fsp3) is 0.231. The van der Waals surface area contributed by atoms with Crippen LogP contribution < -0.4 is 11.1 Å². The summed E-state index contributed by atoms with van der Waals surface area (Å²) in [6.07, 6.45) is 1.51. The highest BCUT2D eigenvalue weighted by Crippen LogP contribution is 2.05. The molecule has 2 rings (SSSR count). The number of carboxylic acid groups (broad SMARTS) is 1. The summed E-state index contributed by atoms with van der Waals surface area (Å²) in [5.74, 6) is -1.38. The summed E-state index contributed by atoms with van der Waals surface area (Å²) in [5.41, 5.74) is 6.44. The van der Waals surface area contributed by atoms with Crippen molar-refractivity contribution in [3.05, 3.63) is 47.3 Å². The summed E-state index contributed by atoms with van der Waals surface area (Å²) in [5, 5.41) is 19.1. The summed E-state index contributed by atoms with van der Waals surface area (Å²) < 4.78 is 1.49. The van der Waals surface area contributed by atoms with Gasteiger partial charge in [0.2, 0.25) is 0 Å². The Morgan fingerprint density at radius 2 is 2.19 bits per heavy atom. The van der Waals surface area contributed by atoms with Gasteiger partial charge < -0.3 is 16.2 Å². The summed E-state index contributed by atoms with van der Waals surface area (Å²) in [4.78, 5) is 22.7. The van der Waals surface area contributed by atoms with Crippen LogP contribution in [0.15, 0.2) is 30.5 Å². The molecule has 4 N–H and O–H groups in total. The van der Waals surface area contributed by atoms with E-state index in [2.05, 4.69) is 15.6 Å². The number of rotatable bonds is 6. The molecular weight excluding hydrogens is 274 g/mol. The summed E-state index contributed by atoms with van der Waals surface area (Å²) in [6, 6.07) is 6.36. The van der Waals surface area contributed by atoms with Gasteiger partial charge in [-0.1, -0.05) is 17.3 Å². The Hall–Kier alpha value is -2.74. The van der Waals surface area contributed by atoms with Gasteiger partial charge in [0.15, 0.2) is 5.69 Å². The molecule has 1 aromatic carbocycles. The second kappa shape index (κ2) is 6.62. The van der Waals surface area contributed by atoms with Crippen molar-refractivity contribution < 1.29 is 14.7 Å². The summed E-state index contributed by atoms with van der Waals surface area (Å²) in [6.45, 7) is 1.11. The topological polar surface area (TPSA) is 123 Å². The average molecular weight is 289 g/mol. The lowest BCUT2D eigenvalue weighted by atomic mass is 10.1. The largest absolute Gasteiger partial charge is 0.478 e. The third kappa shape index (κ3) is 3.86. The first kappa shape index (κ1) is 14.7. The van der Waals surface area contributed by atoms with Gasteiger partial charge in [-0.2, -0.15) is 0 Å². The van der Waals surface area contributed by atoms with Gasteiger partial charge in [-0.25, -0.2) is 4.79 Å². The maximum absolute atomic E-state index is 11.9. The van der Waals surface area contributed by atoms with Crippen molar-refractivity contribution >= 4 is 11.9 Å². The van der Waals surface area contributed by atoms with E-state index in [9.17, 15) is 9.59 Å². The molecule has 110 valence electrons. The molecule has 2 aromatic rings. The van der Waals surface area contributed by atoms with E-state index in [-0.39, 0.29) is 23.7 Å². The van der Waals surface area contributed by atoms with E-state index in [4.69, 9.17) is 10.8 Å². The Morgan fingerprint density at radius 1 is 1.38 bits per heavy atom. The Morgan fingerprint density at radius 3 is 2.90 bits per heavy atom. The number of hydrogen-bond donors (Lipinski definition) is 3. The first-order valence-electron chi connectivity index (χ1n) is 6.31. The minimum atomic E-state index is -1.01. The van der Waals surface area contributed by atoms with Crippen molar-refractivity contribution in [2.24, 2.45) is 5.73 Å². The standard InChI is InChI=1S/C13H15N5O3/c14-4-5-18-8-11(16-17-18)12(19)15-7-9-2-1-3-10(6-9)13(20)21/h1-3,6,8H,4-5,7,14H2,(H,15,19)(H,20,21). The number of nitrogens with zero attached hydrogens (tertiary/aromatic N) is 3. The summed E-state index contributed by atoms with van der Waals surface area (Å²) in [7, 11) is 0. The van der Waals surface area contributed by atoms with Gasteiger partial charge >= 0.3 is 5.97 Å². The zero-order chi connectivity index (χ0) is 15.2. The zero-order valence-corrected chi connectivity index (χ0v) is 11.2. The van der Waals surface area contributed by atoms with Gasteiger partial charge in [-0.05, 0) is 17.7 Å². The van der Waals surface area contributed by atoms with Crippen LogP contribution in [0.1, 0.15) is 26.4 Å².